The Morgan fingerprint density at radius 2 is 2.36 bits per heavy atom. The fraction of sp³-hybridized carbons (Fsp3) is 0.200. The van der Waals surface area contributed by atoms with Gasteiger partial charge in [0.05, 0.1) is 12.3 Å². The molecule has 0 unspecified atom stereocenters. The van der Waals surface area contributed by atoms with Crippen LogP contribution >= 0.6 is 23.1 Å². The van der Waals surface area contributed by atoms with Gasteiger partial charge in [0, 0.05) is 24.3 Å². The monoisotopic (exact) mass is 333 g/mol. The fourth-order valence-electron chi connectivity index (χ4n) is 1.87. The Kier molecular flexibility index (Phi) is 4.65. The predicted octanol–water partition coefficient (Wildman–Crippen LogP) is 3.30. The lowest BCUT2D eigenvalue weighted by atomic mass is 10.4. The zero-order chi connectivity index (χ0) is 15.4. The number of aromatic nitrogens is 2. The van der Waals surface area contributed by atoms with Gasteiger partial charge in [0.1, 0.15) is 5.76 Å². The van der Waals surface area contributed by atoms with Crippen molar-refractivity contribution in [1.29, 1.82) is 0 Å². The Hall–Kier alpha value is -1.99. The average Bonchev–Trinajstić information content (AvgIpc) is 3.25. The number of nitrogens with zero attached hydrogens (tertiary/aromatic N) is 2. The lowest BCUT2D eigenvalue weighted by Crippen LogP contribution is -2.21. The number of furan rings is 1. The maximum absolute atomic E-state index is 12.0. The van der Waals surface area contributed by atoms with Crippen molar-refractivity contribution in [3.63, 3.8) is 0 Å². The first-order chi connectivity index (χ1) is 10.7. The van der Waals surface area contributed by atoms with Crippen LogP contribution in [0.5, 0.6) is 0 Å². The maximum Gasteiger partial charge on any atom is 0.287 e. The van der Waals surface area contributed by atoms with Crippen molar-refractivity contribution < 1.29 is 9.21 Å². The van der Waals surface area contributed by atoms with E-state index >= 15 is 0 Å². The van der Waals surface area contributed by atoms with E-state index in [-0.39, 0.29) is 5.91 Å². The van der Waals surface area contributed by atoms with Crippen molar-refractivity contribution in [1.82, 2.24) is 14.9 Å². The van der Waals surface area contributed by atoms with Gasteiger partial charge in [-0.25, -0.2) is 4.98 Å². The summed E-state index contributed by atoms with van der Waals surface area (Å²) in [7, 11) is 1.95. The predicted molar refractivity (Wildman–Crippen MR) is 87.0 cm³/mol. The molecular formula is C15H15N3O2S2. The summed E-state index contributed by atoms with van der Waals surface area (Å²) in [5, 5.41) is 5.75. The molecule has 7 heteroatoms. The van der Waals surface area contributed by atoms with Gasteiger partial charge in [0.15, 0.2) is 10.9 Å². The van der Waals surface area contributed by atoms with E-state index in [1.807, 2.05) is 41.4 Å². The molecule has 3 aromatic rings. The summed E-state index contributed by atoms with van der Waals surface area (Å²) in [6.45, 7) is 0.522. The Morgan fingerprint density at radius 1 is 1.45 bits per heavy atom. The van der Waals surface area contributed by atoms with Gasteiger partial charge in [-0.1, -0.05) is 17.8 Å². The lowest BCUT2D eigenvalue weighted by molar-refractivity contribution is 0.0922. The third kappa shape index (κ3) is 3.61. The van der Waals surface area contributed by atoms with Crippen LogP contribution < -0.4 is 5.32 Å². The minimum absolute atomic E-state index is 0.193. The topological polar surface area (TPSA) is 60.1 Å². The molecule has 0 bridgehead atoms. The molecule has 0 saturated heterocycles. The van der Waals surface area contributed by atoms with Crippen LogP contribution in [0.15, 0.2) is 51.6 Å². The summed E-state index contributed by atoms with van der Waals surface area (Å²) in [6, 6.07) is 7.49. The number of hydrogen-bond donors (Lipinski definition) is 1. The molecule has 0 aromatic carbocycles. The number of carbonyl (C=O) groups excluding carboxylic acids is 1. The Morgan fingerprint density at radius 3 is 3.09 bits per heavy atom. The molecule has 3 heterocycles. The second-order valence-corrected chi connectivity index (χ2v) is 6.61. The van der Waals surface area contributed by atoms with Gasteiger partial charge in [-0.15, -0.1) is 11.3 Å². The molecule has 0 aliphatic heterocycles. The Labute approximate surface area is 136 Å². The number of aryl methyl sites for hydroxylation is 1. The molecule has 0 aliphatic carbocycles. The Balaban J connectivity index is 1.54. The number of hydrogen-bond acceptors (Lipinski definition) is 5. The largest absolute Gasteiger partial charge is 0.455 e. The normalized spacial score (nSPS) is 10.8. The van der Waals surface area contributed by atoms with Crippen molar-refractivity contribution in [2.45, 2.75) is 17.5 Å². The molecule has 3 aromatic heterocycles. The second-order valence-electron chi connectivity index (χ2n) is 4.64. The van der Waals surface area contributed by atoms with Crippen LogP contribution in [0.25, 0.3) is 0 Å². The number of amides is 1. The third-order valence-electron chi connectivity index (χ3n) is 3.01. The molecule has 1 N–H and O–H groups in total. The number of rotatable bonds is 6. The highest BCUT2D eigenvalue weighted by Crippen LogP contribution is 2.21. The minimum atomic E-state index is -0.193. The molecule has 0 fully saturated rings. The van der Waals surface area contributed by atoms with E-state index < -0.39 is 0 Å². The van der Waals surface area contributed by atoms with Gasteiger partial charge in [0.25, 0.3) is 5.91 Å². The van der Waals surface area contributed by atoms with Crippen LogP contribution in [-0.4, -0.2) is 15.5 Å². The first kappa shape index (κ1) is 14.9. The molecule has 22 heavy (non-hydrogen) atoms. The molecule has 1 amide bonds. The summed E-state index contributed by atoms with van der Waals surface area (Å²) in [5.41, 5.74) is 0. The molecular weight excluding hydrogens is 318 g/mol. The van der Waals surface area contributed by atoms with E-state index in [1.54, 1.807) is 35.4 Å². The maximum atomic E-state index is 12.0. The van der Waals surface area contributed by atoms with Gasteiger partial charge >= 0.3 is 0 Å². The highest BCUT2D eigenvalue weighted by Gasteiger charge is 2.12. The van der Waals surface area contributed by atoms with Gasteiger partial charge < -0.3 is 14.3 Å². The first-order valence-corrected chi connectivity index (χ1v) is 8.58. The molecule has 3 rings (SSSR count). The molecule has 114 valence electrons. The van der Waals surface area contributed by atoms with Crippen LogP contribution in [0.1, 0.15) is 21.2 Å². The van der Waals surface area contributed by atoms with Crippen molar-refractivity contribution in [2.75, 3.05) is 0 Å². The zero-order valence-corrected chi connectivity index (χ0v) is 13.6. The molecule has 0 aliphatic rings. The van der Waals surface area contributed by atoms with E-state index in [0.717, 1.165) is 15.8 Å². The minimum Gasteiger partial charge on any atom is -0.455 e. The molecule has 0 atom stereocenters. The summed E-state index contributed by atoms with van der Waals surface area (Å²) in [6.07, 6.45) is 3.65. The number of nitrogens with one attached hydrogen (secondary N) is 1. The van der Waals surface area contributed by atoms with Crippen LogP contribution in [0.4, 0.5) is 0 Å². The number of thioether (sulfide) groups is 1. The first-order valence-electron chi connectivity index (χ1n) is 6.72. The summed E-state index contributed by atoms with van der Waals surface area (Å²) in [5.74, 6) is 1.55. The smallest absolute Gasteiger partial charge is 0.287 e. The number of carbonyl (C=O) groups is 1. The van der Waals surface area contributed by atoms with Gasteiger partial charge in [-0.2, -0.15) is 0 Å². The van der Waals surface area contributed by atoms with Gasteiger partial charge in [-0.3, -0.25) is 4.79 Å². The molecule has 0 spiro atoms. The Bertz CT molecular complexity index is 747. The molecule has 0 radical (unpaired) electrons. The number of imidazole rings is 1. The average molecular weight is 333 g/mol. The third-order valence-corrected chi connectivity index (χ3v) is 4.97. The van der Waals surface area contributed by atoms with E-state index in [0.29, 0.717) is 18.1 Å². The highest BCUT2D eigenvalue weighted by atomic mass is 32.2. The lowest BCUT2D eigenvalue weighted by Gasteiger charge is -2.01. The van der Waals surface area contributed by atoms with Crippen molar-refractivity contribution in [3.05, 3.63) is 58.4 Å². The standard InChI is InChI=1S/C15H15N3O2S2/c1-18-7-6-16-15(18)22-10-11-4-5-13(20-11)14(19)17-9-12-3-2-8-21-12/h2-8H,9-10H2,1H3,(H,17,19). The van der Waals surface area contributed by atoms with Crippen LogP contribution in [-0.2, 0) is 19.3 Å². The summed E-state index contributed by atoms with van der Waals surface area (Å²) >= 11 is 3.19. The van der Waals surface area contributed by atoms with Crippen LogP contribution in [0, 0.1) is 0 Å². The summed E-state index contributed by atoms with van der Waals surface area (Å²) in [4.78, 5) is 17.4. The molecule has 5 nitrogen and oxygen atoms in total. The van der Waals surface area contributed by atoms with E-state index in [2.05, 4.69) is 10.3 Å². The van der Waals surface area contributed by atoms with E-state index in [1.165, 1.54) is 0 Å². The SMILES string of the molecule is Cn1ccnc1SCc1ccc(C(=O)NCc2cccs2)o1. The van der Waals surface area contributed by atoms with Gasteiger partial charge in [0.2, 0.25) is 0 Å². The van der Waals surface area contributed by atoms with Gasteiger partial charge in [-0.05, 0) is 23.6 Å². The number of thiophene rings is 1. The zero-order valence-electron chi connectivity index (χ0n) is 12.0. The fourth-order valence-corrected chi connectivity index (χ4v) is 3.34. The van der Waals surface area contributed by atoms with Crippen molar-refractivity contribution in [3.8, 4) is 0 Å². The van der Waals surface area contributed by atoms with Crippen LogP contribution in [0.3, 0.4) is 0 Å². The summed E-state index contributed by atoms with van der Waals surface area (Å²) < 4.78 is 7.53. The van der Waals surface area contributed by atoms with Crippen molar-refractivity contribution >= 4 is 29.0 Å². The van der Waals surface area contributed by atoms with Crippen molar-refractivity contribution in [2.24, 2.45) is 7.05 Å². The quantitative estimate of drug-likeness (QED) is 0.703. The second kappa shape index (κ2) is 6.85. The molecule has 0 saturated carbocycles. The van der Waals surface area contributed by atoms with E-state index in [4.69, 9.17) is 4.42 Å². The highest BCUT2D eigenvalue weighted by molar-refractivity contribution is 7.98. The van der Waals surface area contributed by atoms with Crippen LogP contribution in [0.2, 0.25) is 0 Å². The van der Waals surface area contributed by atoms with E-state index in [9.17, 15) is 4.79 Å².